The molecule has 0 bridgehead atoms. The first-order chi connectivity index (χ1) is 14.3. The summed E-state index contributed by atoms with van der Waals surface area (Å²) in [6.07, 6.45) is 3.29. The molecule has 29 heavy (non-hydrogen) atoms. The molecule has 0 unspecified atom stereocenters. The van der Waals surface area contributed by atoms with Crippen LogP contribution in [0.4, 0.5) is 0 Å². The smallest absolute Gasteiger partial charge is 0.0620 e. The molecule has 0 saturated carbocycles. The van der Waals surface area contributed by atoms with Gasteiger partial charge in [0.05, 0.1) is 16.6 Å². The second-order valence-corrected chi connectivity index (χ2v) is 7.86. The van der Waals surface area contributed by atoms with Crippen molar-refractivity contribution in [1.82, 2.24) is 4.40 Å². The van der Waals surface area contributed by atoms with Crippen LogP contribution in [0.2, 0.25) is 0 Å². The average Bonchev–Trinajstić information content (AvgIpc) is 3.30. The average molecular weight is 371 g/mol. The van der Waals surface area contributed by atoms with Crippen LogP contribution in [-0.4, -0.2) is 4.40 Å². The normalized spacial score (nSPS) is 12.7. The number of nitrogens with zero attached hydrogens (tertiary/aromatic N) is 1. The molecule has 6 aromatic rings. The summed E-state index contributed by atoms with van der Waals surface area (Å²) in [5.41, 5.74) is 7.88. The van der Waals surface area contributed by atoms with Gasteiger partial charge in [0, 0.05) is 21.5 Å². The molecule has 0 fully saturated rings. The third-order valence-electron chi connectivity index (χ3n) is 6.17. The molecule has 6 rings (SSSR count). The molecular weight excluding hydrogens is 350 g/mol. The zero-order valence-corrected chi connectivity index (χ0v) is 16.4. The van der Waals surface area contributed by atoms with Crippen molar-refractivity contribution >= 4 is 43.7 Å². The summed E-state index contributed by atoms with van der Waals surface area (Å²) in [7, 11) is 0. The van der Waals surface area contributed by atoms with Gasteiger partial charge in [-0.25, -0.2) is 0 Å². The van der Waals surface area contributed by atoms with Crippen molar-refractivity contribution in [2.75, 3.05) is 0 Å². The van der Waals surface area contributed by atoms with E-state index < -0.39 is 0 Å². The maximum Gasteiger partial charge on any atom is 0.0620 e. The van der Waals surface area contributed by atoms with Crippen LogP contribution in [0.1, 0.15) is 18.1 Å². The Bertz CT molecular complexity index is 1520. The van der Waals surface area contributed by atoms with Gasteiger partial charge in [0.1, 0.15) is 0 Å². The van der Waals surface area contributed by atoms with Crippen molar-refractivity contribution in [1.29, 1.82) is 0 Å². The standard InChI is InChI=1S/C28H21N/c1-19(14-15-20-8-3-2-4-9-20)21-16-17-23-25-12-7-11-24-22-10-5-6-13-26(22)29(28(24)25)27(23)18-21/h2-14,16-18H,15H2,1H3/b19-14+. The lowest BCUT2D eigenvalue weighted by atomic mass is 10.0. The van der Waals surface area contributed by atoms with E-state index in [1.54, 1.807) is 0 Å². The second-order valence-electron chi connectivity index (χ2n) is 7.86. The van der Waals surface area contributed by atoms with Gasteiger partial charge in [0.15, 0.2) is 0 Å². The van der Waals surface area contributed by atoms with Gasteiger partial charge in [-0.2, -0.15) is 0 Å². The van der Waals surface area contributed by atoms with Gasteiger partial charge >= 0.3 is 0 Å². The molecule has 0 aliphatic heterocycles. The summed E-state index contributed by atoms with van der Waals surface area (Å²) in [6, 6.07) is 33.0. The molecule has 2 aromatic heterocycles. The van der Waals surface area contributed by atoms with Crippen LogP contribution in [0.5, 0.6) is 0 Å². The molecule has 2 heterocycles. The molecule has 0 spiro atoms. The molecule has 1 heteroatoms. The zero-order chi connectivity index (χ0) is 19.4. The molecule has 1 nitrogen and oxygen atoms in total. The fourth-order valence-electron chi connectivity index (χ4n) is 4.68. The highest BCUT2D eigenvalue weighted by Crippen LogP contribution is 2.39. The SMILES string of the molecule is C/C(=C\Cc1ccccc1)c1ccc2c3cccc4c5ccccc5n(c2c1)c43. The van der Waals surface area contributed by atoms with Gasteiger partial charge in [-0.05, 0) is 42.2 Å². The minimum atomic E-state index is 0.959. The number of rotatable bonds is 3. The second kappa shape index (κ2) is 6.22. The van der Waals surface area contributed by atoms with Crippen LogP contribution in [0.3, 0.4) is 0 Å². The number of hydrogen-bond acceptors (Lipinski definition) is 0. The Morgan fingerprint density at radius 2 is 1.38 bits per heavy atom. The van der Waals surface area contributed by atoms with Crippen molar-refractivity contribution in [3.05, 3.63) is 108 Å². The summed E-state index contributed by atoms with van der Waals surface area (Å²) in [4.78, 5) is 0. The van der Waals surface area contributed by atoms with Crippen LogP contribution in [0.25, 0.3) is 43.7 Å². The molecule has 0 aliphatic carbocycles. The van der Waals surface area contributed by atoms with Gasteiger partial charge < -0.3 is 4.40 Å². The van der Waals surface area contributed by atoms with Crippen LogP contribution in [0.15, 0.2) is 97.1 Å². The summed E-state index contributed by atoms with van der Waals surface area (Å²) >= 11 is 0. The van der Waals surface area contributed by atoms with Crippen LogP contribution >= 0.6 is 0 Å². The van der Waals surface area contributed by atoms with Crippen molar-refractivity contribution in [2.24, 2.45) is 0 Å². The predicted octanol–water partition coefficient (Wildman–Crippen LogP) is 7.48. The fraction of sp³-hybridized carbons (Fsp3) is 0.0714. The quantitative estimate of drug-likeness (QED) is 0.304. The first kappa shape index (κ1) is 16.4. The number of para-hydroxylation sites is 2. The Hall–Kier alpha value is -3.58. The van der Waals surface area contributed by atoms with E-state index in [0.29, 0.717) is 0 Å². The maximum atomic E-state index is 2.45. The highest BCUT2D eigenvalue weighted by atomic mass is 14.9. The number of allylic oxidation sites excluding steroid dienone is 2. The Balaban J connectivity index is 1.57. The molecule has 0 aliphatic rings. The van der Waals surface area contributed by atoms with Gasteiger partial charge in [-0.3, -0.25) is 0 Å². The topological polar surface area (TPSA) is 4.41 Å². The largest absolute Gasteiger partial charge is 0.308 e. The molecular formula is C28H21N. The predicted molar refractivity (Wildman–Crippen MR) is 125 cm³/mol. The van der Waals surface area contributed by atoms with Gasteiger partial charge in [-0.15, -0.1) is 0 Å². The van der Waals surface area contributed by atoms with Crippen LogP contribution in [0, 0.1) is 0 Å². The molecule has 138 valence electrons. The number of benzene rings is 4. The highest BCUT2D eigenvalue weighted by molar-refractivity contribution is 6.23. The Morgan fingerprint density at radius 1 is 0.690 bits per heavy atom. The van der Waals surface area contributed by atoms with Crippen molar-refractivity contribution < 1.29 is 0 Å². The molecule has 0 atom stereocenters. The maximum absolute atomic E-state index is 2.45. The van der Waals surface area contributed by atoms with E-state index in [4.69, 9.17) is 0 Å². The molecule has 0 saturated heterocycles. The number of aromatic nitrogens is 1. The Labute approximate surface area is 169 Å². The summed E-state index contributed by atoms with van der Waals surface area (Å²) < 4.78 is 2.45. The summed E-state index contributed by atoms with van der Waals surface area (Å²) in [6.45, 7) is 2.22. The monoisotopic (exact) mass is 371 g/mol. The van der Waals surface area contributed by atoms with E-state index in [1.807, 2.05) is 0 Å². The van der Waals surface area contributed by atoms with Gasteiger partial charge in [-0.1, -0.05) is 84.9 Å². The fourth-order valence-corrected chi connectivity index (χ4v) is 4.68. The minimum Gasteiger partial charge on any atom is -0.308 e. The zero-order valence-electron chi connectivity index (χ0n) is 16.4. The van der Waals surface area contributed by atoms with E-state index in [0.717, 1.165) is 6.42 Å². The Morgan fingerprint density at radius 3 is 2.21 bits per heavy atom. The van der Waals surface area contributed by atoms with E-state index >= 15 is 0 Å². The third-order valence-corrected chi connectivity index (χ3v) is 6.17. The third kappa shape index (κ3) is 2.41. The van der Waals surface area contributed by atoms with Crippen molar-refractivity contribution in [3.8, 4) is 0 Å². The van der Waals surface area contributed by atoms with Crippen molar-refractivity contribution in [3.63, 3.8) is 0 Å². The lowest BCUT2D eigenvalue weighted by Gasteiger charge is -2.05. The minimum absolute atomic E-state index is 0.959. The molecule has 0 amide bonds. The van der Waals surface area contributed by atoms with Crippen molar-refractivity contribution in [2.45, 2.75) is 13.3 Å². The van der Waals surface area contributed by atoms with E-state index in [1.165, 1.54) is 54.8 Å². The van der Waals surface area contributed by atoms with E-state index in [-0.39, 0.29) is 0 Å². The van der Waals surface area contributed by atoms with E-state index in [9.17, 15) is 0 Å². The lowest BCUT2D eigenvalue weighted by molar-refractivity contribution is 1.27. The molecule has 0 radical (unpaired) electrons. The Kier molecular flexibility index (Phi) is 3.51. The van der Waals surface area contributed by atoms with Gasteiger partial charge in [0.25, 0.3) is 0 Å². The number of fused-ring (bicyclic) bond motifs is 6. The first-order valence-electron chi connectivity index (χ1n) is 10.2. The first-order valence-corrected chi connectivity index (χ1v) is 10.2. The lowest BCUT2D eigenvalue weighted by Crippen LogP contribution is -1.86. The highest BCUT2D eigenvalue weighted by Gasteiger charge is 2.16. The summed E-state index contributed by atoms with van der Waals surface area (Å²) in [5, 5.41) is 5.34. The van der Waals surface area contributed by atoms with Crippen LogP contribution in [-0.2, 0) is 6.42 Å². The van der Waals surface area contributed by atoms with Gasteiger partial charge in [0.2, 0.25) is 0 Å². The molecule has 0 N–H and O–H groups in total. The number of hydrogen-bond donors (Lipinski definition) is 0. The summed E-state index contributed by atoms with van der Waals surface area (Å²) in [5.74, 6) is 0. The molecule has 4 aromatic carbocycles. The van der Waals surface area contributed by atoms with E-state index in [2.05, 4.69) is 108 Å². The van der Waals surface area contributed by atoms with Crippen LogP contribution < -0.4 is 0 Å².